The molecule has 1 N–H and O–H groups in total. The maximum absolute atomic E-state index is 11.7. The van der Waals surface area contributed by atoms with Crippen LogP contribution in [0.15, 0.2) is 18.2 Å². The van der Waals surface area contributed by atoms with E-state index in [1.54, 1.807) is 14.2 Å². The summed E-state index contributed by atoms with van der Waals surface area (Å²) in [7, 11) is 3.22. The number of benzene rings is 1. The van der Waals surface area contributed by atoms with Gasteiger partial charge in [0.05, 0.1) is 14.2 Å². The molecule has 18 heavy (non-hydrogen) atoms. The van der Waals surface area contributed by atoms with Crippen molar-refractivity contribution in [2.24, 2.45) is 5.92 Å². The Morgan fingerprint density at radius 1 is 1.33 bits per heavy atom. The van der Waals surface area contributed by atoms with Crippen molar-refractivity contribution >= 4 is 5.91 Å². The Morgan fingerprint density at radius 2 is 2.06 bits per heavy atom. The average Bonchev–Trinajstić information content (AvgIpc) is 2.43. The zero-order chi connectivity index (χ0) is 13.5. The number of carbonyl (C=O) groups excluding carboxylic acids is 1. The second kappa shape index (κ2) is 6.89. The topological polar surface area (TPSA) is 47.6 Å². The Hall–Kier alpha value is -1.71. The van der Waals surface area contributed by atoms with Crippen molar-refractivity contribution in [1.29, 1.82) is 0 Å². The summed E-state index contributed by atoms with van der Waals surface area (Å²) in [5.74, 6) is 1.56. The van der Waals surface area contributed by atoms with Crippen molar-refractivity contribution in [2.75, 3.05) is 14.2 Å². The van der Waals surface area contributed by atoms with E-state index in [0.717, 1.165) is 23.5 Å². The number of nitrogens with one attached hydrogen (secondary N) is 1. The smallest absolute Gasteiger partial charge is 0.223 e. The van der Waals surface area contributed by atoms with Gasteiger partial charge in [0, 0.05) is 24.1 Å². The predicted molar refractivity (Wildman–Crippen MR) is 70.8 cm³/mol. The molecule has 1 rings (SSSR count). The molecule has 0 aliphatic rings. The largest absolute Gasteiger partial charge is 0.497 e. The van der Waals surface area contributed by atoms with Crippen LogP contribution >= 0.6 is 0 Å². The molecule has 0 bridgehead atoms. The summed E-state index contributed by atoms with van der Waals surface area (Å²) < 4.78 is 10.4. The van der Waals surface area contributed by atoms with E-state index in [4.69, 9.17) is 9.47 Å². The standard InChI is InChI=1S/C14H21NO3/c1-5-10(2)14(16)15-9-11-6-7-12(17-3)8-13(11)18-4/h6-8,10H,5,9H2,1-4H3,(H,15,16). The van der Waals surface area contributed by atoms with E-state index in [1.165, 1.54) is 0 Å². The quantitative estimate of drug-likeness (QED) is 0.844. The molecule has 0 aromatic heterocycles. The van der Waals surface area contributed by atoms with E-state index in [-0.39, 0.29) is 11.8 Å². The van der Waals surface area contributed by atoms with Gasteiger partial charge in [0.15, 0.2) is 0 Å². The summed E-state index contributed by atoms with van der Waals surface area (Å²) in [6.07, 6.45) is 0.839. The van der Waals surface area contributed by atoms with Crippen molar-refractivity contribution < 1.29 is 14.3 Å². The van der Waals surface area contributed by atoms with Crippen LogP contribution in [-0.2, 0) is 11.3 Å². The molecule has 100 valence electrons. The number of rotatable bonds is 6. The number of ether oxygens (including phenoxy) is 2. The predicted octanol–water partition coefficient (Wildman–Crippen LogP) is 2.37. The summed E-state index contributed by atoms with van der Waals surface area (Å²) in [6.45, 7) is 4.38. The van der Waals surface area contributed by atoms with Gasteiger partial charge in [-0.05, 0) is 18.6 Å². The van der Waals surface area contributed by atoms with E-state index in [0.29, 0.717) is 6.54 Å². The Morgan fingerprint density at radius 3 is 2.61 bits per heavy atom. The lowest BCUT2D eigenvalue weighted by molar-refractivity contribution is -0.124. The first kappa shape index (κ1) is 14.4. The normalized spacial score (nSPS) is 11.8. The average molecular weight is 251 g/mol. The lowest BCUT2D eigenvalue weighted by atomic mass is 10.1. The van der Waals surface area contributed by atoms with E-state index >= 15 is 0 Å². The monoisotopic (exact) mass is 251 g/mol. The maximum Gasteiger partial charge on any atom is 0.223 e. The van der Waals surface area contributed by atoms with Gasteiger partial charge >= 0.3 is 0 Å². The number of carbonyl (C=O) groups is 1. The van der Waals surface area contributed by atoms with E-state index in [2.05, 4.69) is 5.32 Å². The van der Waals surface area contributed by atoms with Gasteiger partial charge in [0.2, 0.25) is 5.91 Å². The molecular weight excluding hydrogens is 230 g/mol. The van der Waals surface area contributed by atoms with Gasteiger partial charge in [-0.3, -0.25) is 4.79 Å². The van der Waals surface area contributed by atoms with Crippen molar-refractivity contribution in [2.45, 2.75) is 26.8 Å². The third kappa shape index (κ3) is 3.65. The van der Waals surface area contributed by atoms with Gasteiger partial charge in [-0.15, -0.1) is 0 Å². The fourth-order valence-corrected chi connectivity index (χ4v) is 1.54. The van der Waals surface area contributed by atoms with Crippen molar-refractivity contribution in [3.8, 4) is 11.5 Å². The number of hydrogen-bond acceptors (Lipinski definition) is 3. The van der Waals surface area contributed by atoms with E-state index in [1.807, 2.05) is 32.0 Å². The molecule has 0 aliphatic carbocycles. The number of hydrogen-bond donors (Lipinski definition) is 1. The highest BCUT2D eigenvalue weighted by Crippen LogP contribution is 2.24. The fourth-order valence-electron chi connectivity index (χ4n) is 1.54. The van der Waals surface area contributed by atoms with Gasteiger partial charge in [0.25, 0.3) is 0 Å². The third-order valence-corrected chi connectivity index (χ3v) is 3.01. The van der Waals surface area contributed by atoms with Crippen LogP contribution in [0.2, 0.25) is 0 Å². The molecule has 0 heterocycles. The van der Waals surface area contributed by atoms with Gasteiger partial charge in [-0.1, -0.05) is 13.8 Å². The maximum atomic E-state index is 11.7. The molecule has 4 heteroatoms. The molecule has 1 aromatic rings. The minimum absolute atomic E-state index is 0.0363. The Labute approximate surface area is 108 Å². The summed E-state index contributed by atoms with van der Waals surface area (Å²) in [5, 5.41) is 2.90. The highest BCUT2D eigenvalue weighted by Gasteiger charge is 2.11. The lowest BCUT2D eigenvalue weighted by Crippen LogP contribution is -2.28. The highest BCUT2D eigenvalue weighted by atomic mass is 16.5. The van der Waals surface area contributed by atoms with Gasteiger partial charge in [0.1, 0.15) is 11.5 Å². The highest BCUT2D eigenvalue weighted by molar-refractivity contribution is 5.78. The first-order valence-electron chi connectivity index (χ1n) is 6.11. The van der Waals surface area contributed by atoms with Crippen molar-refractivity contribution in [3.05, 3.63) is 23.8 Å². The zero-order valence-corrected chi connectivity index (χ0v) is 11.4. The van der Waals surface area contributed by atoms with Crippen molar-refractivity contribution in [1.82, 2.24) is 5.32 Å². The van der Waals surface area contributed by atoms with Gasteiger partial charge < -0.3 is 14.8 Å². The lowest BCUT2D eigenvalue weighted by Gasteiger charge is -2.13. The first-order valence-corrected chi connectivity index (χ1v) is 6.11. The summed E-state index contributed by atoms with van der Waals surface area (Å²) in [4.78, 5) is 11.7. The molecule has 1 aromatic carbocycles. The van der Waals surface area contributed by atoms with Crippen LogP contribution in [-0.4, -0.2) is 20.1 Å². The fraction of sp³-hybridized carbons (Fsp3) is 0.500. The van der Waals surface area contributed by atoms with E-state index < -0.39 is 0 Å². The molecule has 0 spiro atoms. The summed E-state index contributed by atoms with van der Waals surface area (Å²) in [5.41, 5.74) is 0.940. The van der Waals surface area contributed by atoms with Crippen molar-refractivity contribution in [3.63, 3.8) is 0 Å². The molecule has 0 saturated heterocycles. The van der Waals surface area contributed by atoms with Crippen LogP contribution in [0, 0.1) is 5.92 Å². The molecular formula is C14H21NO3. The van der Waals surface area contributed by atoms with Crippen LogP contribution in [0.5, 0.6) is 11.5 Å². The minimum atomic E-state index is 0.0363. The first-order chi connectivity index (χ1) is 8.62. The van der Waals surface area contributed by atoms with Crippen LogP contribution < -0.4 is 14.8 Å². The molecule has 0 aliphatic heterocycles. The van der Waals surface area contributed by atoms with Gasteiger partial charge in [-0.25, -0.2) is 0 Å². The molecule has 1 unspecified atom stereocenters. The Bertz CT molecular complexity index is 404. The second-order valence-electron chi connectivity index (χ2n) is 4.20. The number of methoxy groups -OCH3 is 2. The van der Waals surface area contributed by atoms with Crippen LogP contribution in [0.1, 0.15) is 25.8 Å². The van der Waals surface area contributed by atoms with Crippen LogP contribution in [0.3, 0.4) is 0 Å². The molecule has 1 amide bonds. The molecule has 0 radical (unpaired) electrons. The number of amides is 1. The third-order valence-electron chi connectivity index (χ3n) is 3.01. The van der Waals surface area contributed by atoms with Crippen LogP contribution in [0.4, 0.5) is 0 Å². The summed E-state index contributed by atoms with van der Waals surface area (Å²) in [6, 6.07) is 5.56. The van der Waals surface area contributed by atoms with Gasteiger partial charge in [-0.2, -0.15) is 0 Å². The van der Waals surface area contributed by atoms with Crippen LogP contribution in [0.25, 0.3) is 0 Å². The molecule has 0 saturated carbocycles. The van der Waals surface area contributed by atoms with E-state index in [9.17, 15) is 4.79 Å². The molecule has 4 nitrogen and oxygen atoms in total. The molecule has 0 fully saturated rings. The summed E-state index contributed by atoms with van der Waals surface area (Å²) >= 11 is 0. The Balaban J connectivity index is 2.70. The Kier molecular flexibility index (Phi) is 5.49. The minimum Gasteiger partial charge on any atom is -0.497 e. The zero-order valence-electron chi connectivity index (χ0n) is 11.4. The molecule has 1 atom stereocenters. The SMILES string of the molecule is CCC(C)C(=O)NCc1ccc(OC)cc1OC. The second-order valence-corrected chi connectivity index (χ2v) is 4.20.